The highest BCUT2D eigenvalue weighted by Gasteiger charge is 2.31. The summed E-state index contributed by atoms with van der Waals surface area (Å²) < 4.78 is 0. The maximum Gasteiger partial charge on any atom is 0.123 e. The van der Waals surface area contributed by atoms with Crippen LogP contribution in [0.1, 0.15) is 31.9 Å². The smallest absolute Gasteiger partial charge is 0.123 e. The van der Waals surface area contributed by atoms with Gasteiger partial charge in [0, 0.05) is 26.0 Å². The number of nitrogens with two attached hydrogens (primary N) is 1. The summed E-state index contributed by atoms with van der Waals surface area (Å²) in [5.41, 5.74) is 14.5. The molecule has 1 atom stereocenters. The van der Waals surface area contributed by atoms with Crippen molar-refractivity contribution in [3.63, 3.8) is 0 Å². The van der Waals surface area contributed by atoms with Crippen molar-refractivity contribution in [2.24, 2.45) is 15.7 Å². The lowest BCUT2D eigenvalue weighted by molar-refractivity contribution is 0.405. The van der Waals surface area contributed by atoms with Gasteiger partial charge in [-0.3, -0.25) is 9.98 Å². The molecule has 2 heterocycles. The summed E-state index contributed by atoms with van der Waals surface area (Å²) in [5.74, 6) is 0.816. The van der Waals surface area contributed by atoms with E-state index in [1.54, 1.807) is 7.05 Å². The number of allylic oxidation sites excluding steroid dienone is 2. The molecule has 0 aromatic heterocycles. The van der Waals surface area contributed by atoms with Crippen LogP contribution in [-0.4, -0.2) is 42.8 Å². The first kappa shape index (κ1) is 25.0. The van der Waals surface area contributed by atoms with Crippen LogP contribution < -0.4 is 16.4 Å². The molecule has 0 bridgehead atoms. The van der Waals surface area contributed by atoms with Crippen molar-refractivity contribution in [2.45, 2.75) is 33.9 Å². The van der Waals surface area contributed by atoms with Crippen LogP contribution in [0.25, 0.3) is 5.70 Å². The van der Waals surface area contributed by atoms with Gasteiger partial charge in [-0.25, -0.2) is 0 Å². The van der Waals surface area contributed by atoms with Crippen molar-refractivity contribution in [3.05, 3.63) is 101 Å². The number of rotatable bonds is 8. The molecule has 2 aliphatic rings. The third kappa shape index (κ3) is 6.23. The van der Waals surface area contributed by atoms with Gasteiger partial charge < -0.3 is 21.3 Å². The maximum atomic E-state index is 5.87. The number of nitrogens with one attached hydrogen (secondary N) is 2. The van der Waals surface area contributed by atoms with Crippen molar-refractivity contribution < 1.29 is 0 Å². The molecule has 0 saturated carbocycles. The summed E-state index contributed by atoms with van der Waals surface area (Å²) in [4.78, 5) is 11.1. The Kier molecular flexibility index (Phi) is 8.44. The molecule has 178 valence electrons. The first-order chi connectivity index (χ1) is 16.3. The second kappa shape index (κ2) is 11.5. The van der Waals surface area contributed by atoms with Gasteiger partial charge in [0.2, 0.25) is 0 Å². The van der Waals surface area contributed by atoms with E-state index in [4.69, 9.17) is 5.73 Å². The van der Waals surface area contributed by atoms with Gasteiger partial charge >= 0.3 is 0 Å². The fourth-order valence-corrected chi connectivity index (χ4v) is 3.78. The van der Waals surface area contributed by atoms with Crippen molar-refractivity contribution in [1.29, 1.82) is 0 Å². The molecule has 6 nitrogen and oxygen atoms in total. The molecule has 0 aliphatic carbocycles. The second-order valence-corrected chi connectivity index (χ2v) is 8.69. The summed E-state index contributed by atoms with van der Waals surface area (Å²) >= 11 is 0. The van der Waals surface area contributed by atoms with Crippen LogP contribution in [-0.2, 0) is 0 Å². The topological polar surface area (TPSA) is 78.0 Å². The number of aliphatic imine (C=N–C) groups is 2. The monoisotopic (exact) mass is 456 g/mol. The number of benzene rings is 1. The lowest BCUT2D eigenvalue weighted by Gasteiger charge is -2.27. The molecule has 0 spiro atoms. The van der Waals surface area contributed by atoms with Crippen molar-refractivity contribution in [2.75, 3.05) is 20.1 Å². The molecule has 2 aliphatic heterocycles. The van der Waals surface area contributed by atoms with E-state index in [0.717, 1.165) is 39.7 Å². The Hall–Kier alpha value is -3.64. The predicted octanol–water partition coefficient (Wildman–Crippen LogP) is 4.42. The zero-order valence-electron chi connectivity index (χ0n) is 20.9. The summed E-state index contributed by atoms with van der Waals surface area (Å²) in [7, 11) is 1.79. The number of amidine groups is 1. The molecule has 1 aromatic rings. The minimum Gasteiger partial charge on any atom is -0.359 e. The summed E-state index contributed by atoms with van der Waals surface area (Å²) in [6, 6.07) is 8.52. The SMILES string of the molecule is C=C(/C=C\NC(C)=NCC(C=C(C)C)=NC)C1=C(c2ccc(C)cc2)NC2C=C(CN)C=CN12. The van der Waals surface area contributed by atoms with Crippen LogP contribution in [0.15, 0.2) is 99.9 Å². The van der Waals surface area contributed by atoms with Crippen molar-refractivity contribution in [1.82, 2.24) is 15.5 Å². The normalized spacial score (nSPS) is 18.1. The van der Waals surface area contributed by atoms with E-state index >= 15 is 0 Å². The molecule has 0 radical (unpaired) electrons. The van der Waals surface area contributed by atoms with Gasteiger partial charge in [-0.2, -0.15) is 0 Å². The molecular formula is C28H36N6. The van der Waals surface area contributed by atoms with Crippen LogP contribution in [0.2, 0.25) is 0 Å². The van der Waals surface area contributed by atoms with Gasteiger partial charge in [-0.15, -0.1) is 0 Å². The lowest BCUT2D eigenvalue weighted by Crippen LogP contribution is -2.34. The van der Waals surface area contributed by atoms with Crippen molar-refractivity contribution >= 4 is 17.2 Å². The van der Waals surface area contributed by atoms with Gasteiger partial charge in [0.25, 0.3) is 0 Å². The minimum atomic E-state index is 0.0121. The Labute approximate surface area is 203 Å². The minimum absolute atomic E-state index is 0.0121. The Balaban J connectivity index is 1.79. The maximum absolute atomic E-state index is 5.87. The largest absolute Gasteiger partial charge is 0.359 e. The van der Waals surface area contributed by atoms with Gasteiger partial charge in [0.15, 0.2) is 0 Å². The van der Waals surface area contributed by atoms with E-state index in [1.165, 1.54) is 11.1 Å². The predicted molar refractivity (Wildman–Crippen MR) is 145 cm³/mol. The van der Waals surface area contributed by atoms with E-state index in [2.05, 4.69) is 95.5 Å². The molecule has 34 heavy (non-hydrogen) atoms. The number of aryl methyl sites for hydroxylation is 1. The van der Waals surface area contributed by atoms with Crippen LogP contribution in [0.5, 0.6) is 0 Å². The Morgan fingerprint density at radius 3 is 2.62 bits per heavy atom. The van der Waals surface area contributed by atoms with Gasteiger partial charge in [-0.1, -0.05) is 42.0 Å². The fourth-order valence-electron chi connectivity index (χ4n) is 3.78. The van der Waals surface area contributed by atoms with Gasteiger partial charge in [0.05, 0.1) is 29.5 Å². The lowest BCUT2D eigenvalue weighted by atomic mass is 10.0. The average molecular weight is 457 g/mol. The molecule has 0 fully saturated rings. The van der Waals surface area contributed by atoms with Gasteiger partial charge in [-0.05, 0) is 68.7 Å². The zero-order valence-corrected chi connectivity index (χ0v) is 20.9. The van der Waals surface area contributed by atoms with Crippen LogP contribution >= 0.6 is 0 Å². The molecule has 1 aromatic carbocycles. The quantitative estimate of drug-likeness (QED) is 0.307. The summed E-state index contributed by atoms with van der Waals surface area (Å²) in [6.45, 7) is 13.6. The number of fused-ring (bicyclic) bond motifs is 1. The first-order valence-corrected chi connectivity index (χ1v) is 11.5. The Bertz CT molecular complexity index is 1120. The molecule has 0 saturated heterocycles. The Morgan fingerprint density at radius 1 is 1.24 bits per heavy atom. The van der Waals surface area contributed by atoms with Crippen LogP contribution in [0.4, 0.5) is 0 Å². The molecule has 6 heteroatoms. The molecule has 4 N–H and O–H groups in total. The van der Waals surface area contributed by atoms with E-state index in [-0.39, 0.29) is 6.17 Å². The first-order valence-electron chi connectivity index (χ1n) is 11.5. The number of hydrogen-bond donors (Lipinski definition) is 3. The van der Waals surface area contributed by atoms with E-state index < -0.39 is 0 Å². The number of hydrogen-bond acceptors (Lipinski definition) is 5. The fraction of sp³-hybridized carbons (Fsp3) is 0.286. The highest BCUT2D eigenvalue weighted by atomic mass is 15.3. The van der Waals surface area contributed by atoms with E-state index in [9.17, 15) is 0 Å². The third-order valence-electron chi connectivity index (χ3n) is 5.59. The van der Waals surface area contributed by atoms with E-state index in [0.29, 0.717) is 13.1 Å². The van der Waals surface area contributed by atoms with Crippen molar-refractivity contribution in [3.8, 4) is 0 Å². The highest BCUT2D eigenvalue weighted by Crippen LogP contribution is 2.35. The standard InChI is InChI=1S/C28H36N6/c1-19(2)15-25(30-6)18-32-22(5)31-13-11-21(4)28-27(24-9-7-20(3)8-10-24)33-26-16-23(17-29)12-14-34(26)28/h7-16,26,33H,4,17-18,29H2,1-3,5-6H3,(H,31,32)/b13-11-,30-25?. The average Bonchev–Trinajstić information content (AvgIpc) is 3.20. The van der Waals surface area contributed by atoms with Crippen LogP contribution in [0, 0.1) is 6.92 Å². The second-order valence-electron chi connectivity index (χ2n) is 8.69. The van der Waals surface area contributed by atoms with Crippen LogP contribution in [0.3, 0.4) is 0 Å². The Morgan fingerprint density at radius 2 is 1.97 bits per heavy atom. The summed E-state index contributed by atoms with van der Waals surface area (Å²) in [6.07, 6.45) is 12.2. The molecule has 0 amide bonds. The van der Waals surface area contributed by atoms with Gasteiger partial charge in [0.1, 0.15) is 6.17 Å². The molecule has 1 unspecified atom stereocenters. The zero-order chi connectivity index (χ0) is 24.7. The third-order valence-corrected chi connectivity index (χ3v) is 5.59. The highest BCUT2D eigenvalue weighted by molar-refractivity contribution is 5.98. The molecule has 3 rings (SSSR count). The summed E-state index contributed by atoms with van der Waals surface area (Å²) in [5, 5.41) is 6.89. The van der Waals surface area contributed by atoms with E-state index in [1.807, 2.05) is 25.3 Å². The number of nitrogens with zero attached hydrogens (tertiary/aromatic N) is 3. The molecular weight excluding hydrogens is 420 g/mol.